The van der Waals surface area contributed by atoms with E-state index in [2.05, 4.69) is 12.2 Å². The molecule has 0 bridgehead atoms. The maximum atomic E-state index is 8.76. The molecule has 2 atom stereocenters. The standard InChI is InChI=1S/C8H17NO2/c1-2-3-8-4-9-7(5-10)6-11-8/h7-10H,2-6H2,1H3. The number of hydrogen-bond acceptors (Lipinski definition) is 3. The highest BCUT2D eigenvalue weighted by Crippen LogP contribution is 2.06. The van der Waals surface area contributed by atoms with Crippen LogP contribution in [0, 0.1) is 0 Å². The first-order valence-electron chi connectivity index (χ1n) is 4.32. The number of nitrogens with one attached hydrogen (secondary N) is 1. The van der Waals surface area contributed by atoms with E-state index in [9.17, 15) is 0 Å². The van der Waals surface area contributed by atoms with Crippen LogP contribution in [0.2, 0.25) is 0 Å². The van der Waals surface area contributed by atoms with E-state index >= 15 is 0 Å². The van der Waals surface area contributed by atoms with E-state index in [1.807, 2.05) is 0 Å². The summed E-state index contributed by atoms with van der Waals surface area (Å²) in [5.41, 5.74) is 0. The van der Waals surface area contributed by atoms with Crippen LogP contribution in [0.25, 0.3) is 0 Å². The molecule has 3 nitrogen and oxygen atoms in total. The first-order valence-corrected chi connectivity index (χ1v) is 4.32. The quantitative estimate of drug-likeness (QED) is 0.615. The summed E-state index contributed by atoms with van der Waals surface area (Å²) in [6, 6.07) is 0.156. The largest absolute Gasteiger partial charge is 0.395 e. The second-order valence-corrected chi connectivity index (χ2v) is 3.03. The zero-order chi connectivity index (χ0) is 8.10. The minimum Gasteiger partial charge on any atom is -0.395 e. The Morgan fingerprint density at radius 2 is 2.45 bits per heavy atom. The van der Waals surface area contributed by atoms with Gasteiger partial charge in [0.1, 0.15) is 0 Å². The van der Waals surface area contributed by atoms with Gasteiger partial charge in [-0.3, -0.25) is 0 Å². The predicted octanol–water partition coefficient (Wildman–Crippen LogP) is 0.136. The van der Waals surface area contributed by atoms with Crippen LogP contribution in [0.3, 0.4) is 0 Å². The van der Waals surface area contributed by atoms with Gasteiger partial charge in [0.15, 0.2) is 0 Å². The molecular weight excluding hydrogens is 142 g/mol. The molecule has 1 aliphatic rings. The second-order valence-electron chi connectivity index (χ2n) is 3.03. The Hall–Kier alpha value is -0.120. The van der Waals surface area contributed by atoms with Crippen molar-refractivity contribution in [2.45, 2.75) is 31.9 Å². The van der Waals surface area contributed by atoms with Crippen LogP contribution < -0.4 is 5.32 Å². The summed E-state index contributed by atoms with van der Waals surface area (Å²) < 4.78 is 5.50. The van der Waals surface area contributed by atoms with Crippen molar-refractivity contribution in [3.8, 4) is 0 Å². The summed E-state index contributed by atoms with van der Waals surface area (Å²) in [7, 11) is 0. The molecule has 0 radical (unpaired) electrons. The molecule has 0 aromatic carbocycles. The summed E-state index contributed by atoms with van der Waals surface area (Å²) in [5.74, 6) is 0. The molecule has 0 saturated carbocycles. The number of aliphatic hydroxyl groups is 1. The lowest BCUT2D eigenvalue weighted by Crippen LogP contribution is -2.48. The maximum Gasteiger partial charge on any atom is 0.0700 e. The van der Waals surface area contributed by atoms with Gasteiger partial charge in [-0.2, -0.15) is 0 Å². The highest BCUT2D eigenvalue weighted by molar-refractivity contribution is 4.74. The van der Waals surface area contributed by atoms with Crippen molar-refractivity contribution >= 4 is 0 Å². The fourth-order valence-electron chi connectivity index (χ4n) is 1.29. The van der Waals surface area contributed by atoms with Gasteiger partial charge in [-0.15, -0.1) is 0 Å². The topological polar surface area (TPSA) is 41.5 Å². The molecule has 1 fully saturated rings. The fourth-order valence-corrected chi connectivity index (χ4v) is 1.29. The van der Waals surface area contributed by atoms with E-state index < -0.39 is 0 Å². The molecule has 11 heavy (non-hydrogen) atoms. The molecule has 66 valence electrons. The first kappa shape index (κ1) is 8.97. The number of aliphatic hydroxyl groups excluding tert-OH is 1. The van der Waals surface area contributed by atoms with Gasteiger partial charge < -0.3 is 15.2 Å². The average Bonchev–Trinajstić information content (AvgIpc) is 2.07. The Labute approximate surface area is 67.7 Å². The minimum absolute atomic E-state index is 0.156. The van der Waals surface area contributed by atoms with Gasteiger partial charge >= 0.3 is 0 Å². The molecule has 2 unspecified atom stereocenters. The number of hydrogen-bond donors (Lipinski definition) is 2. The van der Waals surface area contributed by atoms with Crippen molar-refractivity contribution in [3.05, 3.63) is 0 Å². The van der Waals surface area contributed by atoms with Crippen LogP contribution in [0.1, 0.15) is 19.8 Å². The number of ether oxygens (including phenoxy) is 1. The first-order chi connectivity index (χ1) is 5.36. The highest BCUT2D eigenvalue weighted by atomic mass is 16.5. The van der Waals surface area contributed by atoms with Crippen LogP contribution in [-0.2, 0) is 4.74 Å². The molecule has 1 rings (SSSR count). The molecule has 0 aliphatic carbocycles. The van der Waals surface area contributed by atoms with Gasteiger partial charge in [-0.1, -0.05) is 13.3 Å². The van der Waals surface area contributed by atoms with Gasteiger partial charge in [-0.05, 0) is 6.42 Å². The van der Waals surface area contributed by atoms with Crippen molar-refractivity contribution < 1.29 is 9.84 Å². The van der Waals surface area contributed by atoms with E-state index in [0.717, 1.165) is 19.4 Å². The molecule has 0 aromatic rings. The van der Waals surface area contributed by atoms with Gasteiger partial charge in [0, 0.05) is 6.54 Å². The summed E-state index contributed by atoms with van der Waals surface area (Å²) in [6.07, 6.45) is 2.64. The summed E-state index contributed by atoms with van der Waals surface area (Å²) >= 11 is 0. The van der Waals surface area contributed by atoms with E-state index in [-0.39, 0.29) is 12.6 Å². The SMILES string of the molecule is CCCC1CNC(CO)CO1. The van der Waals surface area contributed by atoms with Crippen LogP contribution in [0.15, 0.2) is 0 Å². The Bertz CT molecular complexity index is 100. The molecule has 1 saturated heterocycles. The maximum absolute atomic E-state index is 8.76. The van der Waals surface area contributed by atoms with Crippen molar-refractivity contribution in [1.29, 1.82) is 0 Å². The number of morpholine rings is 1. The summed E-state index contributed by atoms with van der Waals surface area (Å²) in [6.45, 7) is 3.88. The van der Waals surface area contributed by atoms with Gasteiger partial charge in [0.05, 0.1) is 25.4 Å². The van der Waals surface area contributed by atoms with Crippen LogP contribution in [0.4, 0.5) is 0 Å². The highest BCUT2D eigenvalue weighted by Gasteiger charge is 2.18. The Balaban J connectivity index is 2.14. The lowest BCUT2D eigenvalue weighted by atomic mass is 10.1. The minimum atomic E-state index is 0.156. The van der Waals surface area contributed by atoms with Crippen molar-refractivity contribution in [2.75, 3.05) is 19.8 Å². The zero-order valence-corrected chi connectivity index (χ0v) is 7.05. The Kier molecular flexibility index (Phi) is 3.83. The lowest BCUT2D eigenvalue weighted by Gasteiger charge is -2.28. The van der Waals surface area contributed by atoms with Gasteiger partial charge in [0.2, 0.25) is 0 Å². The predicted molar refractivity (Wildman–Crippen MR) is 43.5 cm³/mol. The monoisotopic (exact) mass is 159 g/mol. The normalized spacial score (nSPS) is 32.2. The van der Waals surface area contributed by atoms with Crippen LogP contribution in [-0.4, -0.2) is 37.0 Å². The van der Waals surface area contributed by atoms with E-state index in [1.165, 1.54) is 0 Å². The molecule has 0 spiro atoms. The molecule has 1 aliphatic heterocycles. The molecule has 3 heteroatoms. The summed E-state index contributed by atoms with van der Waals surface area (Å²) in [5, 5.41) is 12.0. The van der Waals surface area contributed by atoms with Crippen LogP contribution >= 0.6 is 0 Å². The third kappa shape index (κ3) is 2.77. The van der Waals surface area contributed by atoms with Crippen molar-refractivity contribution in [3.63, 3.8) is 0 Å². The molecule has 2 N–H and O–H groups in total. The van der Waals surface area contributed by atoms with Crippen LogP contribution in [0.5, 0.6) is 0 Å². The molecular formula is C8H17NO2. The Morgan fingerprint density at radius 3 is 2.91 bits per heavy atom. The average molecular weight is 159 g/mol. The second kappa shape index (κ2) is 4.70. The smallest absolute Gasteiger partial charge is 0.0700 e. The fraction of sp³-hybridized carbons (Fsp3) is 1.00. The van der Waals surface area contributed by atoms with Gasteiger partial charge in [-0.25, -0.2) is 0 Å². The molecule has 0 aromatic heterocycles. The third-order valence-electron chi connectivity index (χ3n) is 2.00. The lowest BCUT2D eigenvalue weighted by molar-refractivity contribution is -0.0122. The number of rotatable bonds is 3. The summed E-state index contributed by atoms with van der Waals surface area (Å²) in [4.78, 5) is 0. The van der Waals surface area contributed by atoms with E-state index in [0.29, 0.717) is 12.7 Å². The molecule has 1 heterocycles. The molecule has 0 amide bonds. The Morgan fingerprint density at radius 1 is 1.64 bits per heavy atom. The zero-order valence-electron chi connectivity index (χ0n) is 7.05. The van der Waals surface area contributed by atoms with Crippen molar-refractivity contribution in [2.24, 2.45) is 0 Å². The van der Waals surface area contributed by atoms with E-state index in [4.69, 9.17) is 9.84 Å². The van der Waals surface area contributed by atoms with E-state index in [1.54, 1.807) is 0 Å². The van der Waals surface area contributed by atoms with Crippen molar-refractivity contribution in [1.82, 2.24) is 5.32 Å². The third-order valence-corrected chi connectivity index (χ3v) is 2.00. The van der Waals surface area contributed by atoms with Gasteiger partial charge in [0.25, 0.3) is 0 Å².